The van der Waals surface area contributed by atoms with E-state index in [1.807, 2.05) is 0 Å². The van der Waals surface area contributed by atoms with Crippen molar-refractivity contribution in [2.45, 2.75) is 19.9 Å². The largest absolute Gasteiger partial charge is 0.497 e. The van der Waals surface area contributed by atoms with Crippen molar-refractivity contribution in [2.75, 3.05) is 27.9 Å². The molecule has 1 heterocycles. The molecule has 10 heteroatoms. The van der Waals surface area contributed by atoms with Gasteiger partial charge >= 0.3 is 11.9 Å². The molecule has 0 aliphatic heterocycles. The number of rotatable bonds is 8. The van der Waals surface area contributed by atoms with Gasteiger partial charge in [-0.05, 0) is 31.2 Å². The molecule has 1 aromatic heterocycles. The van der Waals surface area contributed by atoms with Gasteiger partial charge in [0.1, 0.15) is 18.0 Å². The number of carbonyl (C=O) groups excluding carboxylic acids is 3. The van der Waals surface area contributed by atoms with E-state index in [9.17, 15) is 14.4 Å². The quantitative estimate of drug-likeness (QED) is 0.464. The van der Waals surface area contributed by atoms with Crippen LogP contribution in [0.3, 0.4) is 0 Å². The standard InChI is InChI=1S/C23H24N2O7S/c1-5-32-22(28)15-7-9-17-19(10-15)33-23(25(17)13-21(27)31-4)24-20(26)11-14-6-8-16(29-2)12-18(14)30-3/h6-10,12H,5,11,13H2,1-4H3. The molecular weight excluding hydrogens is 448 g/mol. The molecule has 3 rings (SSSR count). The molecule has 0 bridgehead atoms. The van der Waals surface area contributed by atoms with Crippen LogP contribution in [0.4, 0.5) is 0 Å². The minimum atomic E-state index is -0.491. The van der Waals surface area contributed by atoms with Crippen LogP contribution in [0.25, 0.3) is 10.2 Å². The van der Waals surface area contributed by atoms with Crippen LogP contribution in [0.5, 0.6) is 11.5 Å². The minimum Gasteiger partial charge on any atom is -0.497 e. The molecule has 0 atom stereocenters. The fourth-order valence-electron chi connectivity index (χ4n) is 3.15. The Morgan fingerprint density at radius 1 is 1.03 bits per heavy atom. The van der Waals surface area contributed by atoms with Crippen molar-refractivity contribution in [1.82, 2.24) is 4.57 Å². The molecule has 9 nitrogen and oxygen atoms in total. The average Bonchev–Trinajstić information content (AvgIpc) is 3.14. The predicted molar refractivity (Wildman–Crippen MR) is 122 cm³/mol. The molecule has 2 aromatic carbocycles. The van der Waals surface area contributed by atoms with E-state index in [4.69, 9.17) is 18.9 Å². The van der Waals surface area contributed by atoms with Crippen LogP contribution >= 0.6 is 11.3 Å². The second-order valence-corrected chi connectivity index (χ2v) is 7.82. The number of methoxy groups -OCH3 is 3. The number of nitrogens with zero attached hydrogens (tertiary/aromatic N) is 2. The predicted octanol–water partition coefficient (Wildman–Crippen LogP) is 2.74. The first-order valence-corrected chi connectivity index (χ1v) is 10.9. The molecule has 3 aromatic rings. The first-order chi connectivity index (χ1) is 15.9. The molecule has 0 spiro atoms. The molecular formula is C23H24N2O7S. The number of aromatic nitrogens is 1. The summed E-state index contributed by atoms with van der Waals surface area (Å²) < 4.78 is 22.6. The Bertz CT molecular complexity index is 1260. The van der Waals surface area contributed by atoms with Gasteiger partial charge in [0.25, 0.3) is 5.91 Å². The van der Waals surface area contributed by atoms with Crippen molar-refractivity contribution in [3.05, 3.63) is 52.3 Å². The van der Waals surface area contributed by atoms with Crippen molar-refractivity contribution in [1.29, 1.82) is 0 Å². The van der Waals surface area contributed by atoms with E-state index in [2.05, 4.69) is 4.99 Å². The maximum atomic E-state index is 12.8. The van der Waals surface area contributed by atoms with Crippen molar-refractivity contribution < 1.29 is 33.3 Å². The van der Waals surface area contributed by atoms with Crippen LogP contribution in [0, 0.1) is 0 Å². The Morgan fingerprint density at radius 3 is 2.48 bits per heavy atom. The Morgan fingerprint density at radius 2 is 1.82 bits per heavy atom. The molecule has 0 saturated heterocycles. The molecule has 0 radical (unpaired) electrons. The second-order valence-electron chi connectivity index (χ2n) is 6.81. The Balaban J connectivity index is 2.02. The summed E-state index contributed by atoms with van der Waals surface area (Å²) in [5.41, 5.74) is 1.67. The van der Waals surface area contributed by atoms with E-state index < -0.39 is 17.8 Å². The van der Waals surface area contributed by atoms with E-state index in [0.29, 0.717) is 37.6 Å². The summed E-state index contributed by atoms with van der Waals surface area (Å²) >= 11 is 1.19. The van der Waals surface area contributed by atoms with E-state index in [0.717, 1.165) is 0 Å². The number of carbonyl (C=O) groups is 3. The van der Waals surface area contributed by atoms with Gasteiger partial charge in [-0.25, -0.2) is 4.79 Å². The summed E-state index contributed by atoms with van der Waals surface area (Å²) in [6, 6.07) is 10.1. The number of benzene rings is 2. The summed E-state index contributed by atoms with van der Waals surface area (Å²) in [6.45, 7) is 1.85. The SMILES string of the molecule is CCOC(=O)c1ccc2c(c1)sc(=NC(=O)Cc1ccc(OC)cc1OC)n2CC(=O)OC. The van der Waals surface area contributed by atoms with Gasteiger partial charge < -0.3 is 23.5 Å². The van der Waals surface area contributed by atoms with Gasteiger partial charge in [-0.1, -0.05) is 17.4 Å². The van der Waals surface area contributed by atoms with Crippen molar-refractivity contribution in [3.8, 4) is 11.5 Å². The molecule has 174 valence electrons. The lowest BCUT2D eigenvalue weighted by molar-refractivity contribution is -0.141. The fraction of sp³-hybridized carbons (Fsp3) is 0.304. The second kappa shape index (κ2) is 10.8. The van der Waals surface area contributed by atoms with Gasteiger partial charge in [-0.15, -0.1) is 0 Å². The summed E-state index contributed by atoms with van der Waals surface area (Å²) in [7, 11) is 4.34. The first kappa shape index (κ1) is 24.0. The average molecular weight is 473 g/mol. The molecule has 0 aliphatic carbocycles. The normalized spacial score (nSPS) is 11.3. The van der Waals surface area contributed by atoms with Crippen LogP contribution in [0.2, 0.25) is 0 Å². The number of hydrogen-bond acceptors (Lipinski definition) is 8. The van der Waals surface area contributed by atoms with E-state index in [1.165, 1.54) is 25.6 Å². The van der Waals surface area contributed by atoms with Gasteiger partial charge in [0.05, 0.1) is 50.1 Å². The lowest BCUT2D eigenvalue weighted by Crippen LogP contribution is -2.22. The summed E-state index contributed by atoms with van der Waals surface area (Å²) in [5, 5.41) is 0. The molecule has 0 unspecified atom stereocenters. The lowest BCUT2D eigenvalue weighted by Gasteiger charge is -2.08. The Hall–Kier alpha value is -3.66. The summed E-state index contributed by atoms with van der Waals surface area (Å²) in [6.07, 6.45) is -0.00624. The highest BCUT2D eigenvalue weighted by Crippen LogP contribution is 2.25. The molecule has 0 N–H and O–H groups in total. The van der Waals surface area contributed by atoms with Crippen molar-refractivity contribution in [2.24, 2.45) is 4.99 Å². The molecule has 33 heavy (non-hydrogen) atoms. The van der Waals surface area contributed by atoms with Gasteiger partial charge in [-0.3, -0.25) is 9.59 Å². The van der Waals surface area contributed by atoms with Gasteiger partial charge in [0.2, 0.25) is 0 Å². The van der Waals surface area contributed by atoms with E-state index in [-0.39, 0.29) is 19.6 Å². The van der Waals surface area contributed by atoms with Crippen molar-refractivity contribution >= 4 is 39.4 Å². The molecule has 0 saturated carbocycles. The zero-order valence-corrected chi connectivity index (χ0v) is 19.6. The third-order valence-electron chi connectivity index (χ3n) is 4.77. The fourth-order valence-corrected chi connectivity index (χ4v) is 4.24. The van der Waals surface area contributed by atoms with Crippen LogP contribution in [-0.4, -0.2) is 50.3 Å². The van der Waals surface area contributed by atoms with Crippen molar-refractivity contribution in [3.63, 3.8) is 0 Å². The Kier molecular flexibility index (Phi) is 7.83. The smallest absolute Gasteiger partial charge is 0.338 e. The number of esters is 2. The zero-order valence-electron chi connectivity index (χ0n) is 18.7. The maximum absolute atomic E-state index is 12.8. The summed E-state index contributed by atoms with van der Waals surface area (Å²) in [4.78, 5) is 41.4. The molecule has 0 aliphatic rings. The number of thiazole rings is 1. The van der Waals surface area contributed by atoms with Crippen LogP contribution in [0.15, 0.2) is 41.4 Å². The highest BCUT2D eigenvalue weighted by Gasteiger charge is 2.16. The molecule has 0 fully saturated rings. The van der Waals surface area contributed by atoms with Gasteiger partial charge in [-0.2, -0.15) is 4.99 Å². The lowest BCUT2D eigenvalue weighted by atomic mass is 10.1. The monoisotopic (exact) mass is 472 g/mol. The highest BCUT2D eigenvalue weighted by atomic mass is 32.1. The topological polar surface area (TPSA) is 105 Å². The summed E-state index contributed by atoms with van der Waals surface area (Å²) in [5.74, 6) is -0.244. The van der Waals surface area contributed by atoms with Crippen LogP contribution in [0.1, 0.15) is 22.8 Å². The van der Waals surface area contributed by atoms with E-state index >= 15 is 0 Å². The number of amides is 1. The third kappa shape index (κ3) is 5.58. The van der Waals surface area contributed by atoms with E-state index in [1.54, 1.807) is 55.0 Å². The maximum Gasteiger partial charge on any atom is 0.338 e. The highest BCUT2D eigenvalue weighted by molar-refractivity contribution is 7.16. The number of ether oxygens (including phenoxy) is 4. The number of hydrogen-bond donors (Lipinski definition) is 0. The van der Waals surface area contributed by atoms with Crippen LogP contribution < -0.4 is 14.3 Å². The Labute approximate surface area is 194 Å². The minimum absolute atomic E-state index is 0.00624. The first-order valence-electron chi connectivity index (χ1n) is 10.1. The van der Waals surface area contributed by atoms with Gasteiger partial charge in [0, 0.05) is 11.6 Å². The third-order valence-corrected chi connectivity index (χ3v) is 5.81. The van der Waals surface area contributed by atoms with Gasteiger partial charge in [0.15, 0.2) is 4.80 Å². The zero-order chi connectivity index (χ0) is 24.0. The number of fused-ring (bicyclic) bond motifs is 1. The molecule has 1 amide bonds. The van der Waals surface area contributed by atoms with Crippen LogP contribution in [-0.2, 0) is 32.0 Å².